The van der Waals surface area contributed by atoms with Gasteiger partial charge in [-0.25, -0.2) is 5.01 Å². The summed E-state index contributed by atoms with van der Waals surface area (Å²) >= 11 is 0. The van der Waals surface area contributed by atoms with Crippen LogP contribution in [-0.2, 0) is 9.59 Å². The molecule has 0 aliphatic heterocycles. The number of amides is 2. The van der Waals surface area contributed by atoms with Crippen molar-refractivity contribution in [3.63, 3.8) is 0 Å². The van der Waals surface area contributed by atoms with Crippen LogP contribution in [0.15, 0.2) is 84.9 Å². The lowest BCUT2D eigenvalue weighted by Gasteiger charge is -2.29. The number of carbonyl (C=O) groups is 2. The van der Waals surface area contributed by atoms with Crippen molar-refractivity contribution in [2.45, 2.75) is 26.7 Å². The summed E-state index contributed by atoms with van der Waals surface area (Å²) in [5, 5.41) is 1.41. The highest BCUT2D eigenvalue weighted by molar-refractivity contribution is 6.00. The van der Waals surface area contributed by atoms with Crippen molar-refractivity contribution in [2.75, 3.05) is 24.6 Å². The van der Waals surface area contributed by atoms with E-state index < -0.39 is 5.92 Å². The Labute approximate surface area is 190 Å². The molecule has 32 heavy (non-hydrogen) atoms. The van der Waals surface area contributed by atoms with Crippen LogP contribution in [0.3, 0.4) is 0 Å². The molecule has 0 bridgehead atoms. The van der Waals surface area contributed by atoms with Crippen LogP contribution < -0.4 is 10.4 Å². The van der Waals surface area contributed by atoms with Gasteiger partial charge in [-0.2, -0.15) is 0 Å². The van der Waals surface area contributed by atoms with Crippen molar-refractivity contribution in [3.8, 4) is 0 Å². The molecule has 0 radical (unpaired) electrons. The van der Waals surface area contributed by atoms with Crippen LogP contribution in [0.4, 0.5) is 5.69 Å². The highest BCUT2D eigenvalue weighted by Crippen LogP contribution is 2.26. The van der Waals surface area contributed by atoms with Gasteiger partial charge in [0.15, 0.2) is 0 Å². The fourth-order valence-corrected chi connectivity index (χ4v) is 3.74. The van der Waals surface area contributed by atoms with Crippen LogP contribution in [0.5, 0.6) is 0 Å². The second kappa shape index (κ2) is 11.3. The van der Waals surface area contributed by atoms with Gasteiger partial charge in [0, 0.05) is 0 Å². The van der Waals surface area contributed by atoms with Crippen molar-refractivity contribution in [1.29, 1.82) is 0 Å². The topological polar surface area (TPSA) is 52.7 Å². The van der Waals surface area contributed by atoms with Gasteiger partial charge in [0.2, 0.25) is 0 Å². The first kappa shape index (κ1) is 23.2. The molecule has 3 rings (SSSR count). The van der Waals surface area contributed by atoms with Gasteiger partial charge in [-0.15, -0.1) is 0 Å². The van der Waals surface area contributed by atoms with Gasteiger partial charge >= 0.3 is 0 Å². The lowest BCUT2D eigenvalue weighted by molar-refractivity contribution is -0.127. The molecule has 0 aliphatic carbocycles. The van der Waals surface area contributed by atoms with E-state index in [-0.39, 0.29) is 18.4 Å². The van der Waals surface area contributed by atoms with Gasteiger partial charge in [-0.1, -0.05) is 92.7 Å². The highest BCUT2D eigenvalue weighted by Gasteiger charge is 2.28. The van der Waals surface area contributed by atoms with E-state index in [2.05, 4.69) is 5.43 Å². The lowest BCUT2D eigenvalue weighted by Crippen LogP contribution is -2.52. The maximum Gasteiger partial charge on any atom is 0.259 e. The summed E-state index contributed by atoms with van der Waals surface area (Å²) in [4.78, 5) is 29.0. The maximum absolute atomic E-state index is 13.6. The summed E-state index contributed by atoms with van der Waals surface area (Å²) in [6, 6.07) is 26.9. The van der Waals surface area contributed by atoms with Crippen molar-refractivity contribution in [1.82, 2.24) is 10.3 Å². The third kappa shape index (κ3) is 5.62. The summed E-state index contributed by atoms with van der Waals surface area (Å²) in [5.74, 6) is -0.958. The first-order valence-electron chi connectivity index (χ1n) is 11.1. The van der Waals surface area contributed by atoms with Crippen LogP contribution in [0.1, 0.15) is 36.5 Å². The van der Waals surface area contributed by atoms with Gasteiger partial charge < -0.3 is 0 Å². The molecule has 0 saturated heterocycles. The van der Waals surface area contributed by atoms with Crippen LogP contribution in [0.25, 0.3) is 0 Å². The Morgan fingerprint density at radius 1 is 0.781 bits per heavy atom. The van der Waals surface area contributed by atoms with E-state index in [0.717, 1.165) is 29.8 Å². The standard InChI is InChI=1S/C27H31N3O2/c1-4-29(5-2)20-25(31)30(24-19-13-12-14-21(24)3)28-27(32)26(22-15-8-6-9-16-22)23-17-10-7-11-18-23/h6-19,26H,4-5,20H2,1-3H3,(H,28,32). The number of aryl methyl sites for hydroxylation is 1. The Balaban J connectivity index is 1.97. The molecular formula is C27H31N3O2. The van der Waals surface area contributed by atoms with E-state index in [9.17, 15) is 9.59 Å². The predicted molar refractivity (Wildman–Crippen MR) is 129 cm³/mol. The summed E-state index contributed by atoms with van der Waals surface area (Å²) in [7, 11) is 0. The fourth-order valence-electron chi connectivity index (χ4n) is 3.74. The van der Waals surface area contributed by atoms with Crippen LogP contribution in [0.2, 0.25) is 0 Å². The second-order valence-corrected chi connectivity index (χ2v) is 7.71. The summed E-state index contributed by atoms with van der Waals surface area (Å²) in [5.41, 5.74) is 6.28. The van der Waals surface area contributed by atoms with Crippen molar-refractivity contribution < 1.29 is 9.59 Å². The average molecular weight is 430 g/mol. The SMILES string of the molecule is CCN(CC)CC(=O)N(NC(=O)C(c1ccccc1)c1ccccc1)c1ccccc1C. The maximum atomic E-state index is 13.6. The quantitative estimate of drug-likeness (QED) is 0.535. The van der Waals surface area contributed by atoms with Gasteiger partial charge in [-0.3, -0.25) is 19.9 Å². The monoisotopic (exact) mass is 429 g/mol. The third-order valence-corrected chi connectivity index (χ3v) is 5.61. The molecule has 5 nitrogen and oxygen atoms in total. The van der Waals surface area contributed by atoms with Gasteiger partial charge in [0.25, 0.3) is 11.8 Å². The first-order chi connectivity index (χ1) is 15.5. The molecule has 0 saturated carbocycles. The Hall–Kier alpha value is -3.44. The Morgan fingerprint density at radius 3 is 1.78 bits per heavy atom. The normalized spacial score (nSPS) is 10.9. The average Bonchev–Trinajstić information content (AvgIpc) is 2.83. The Bertz CT molecular complexity index is 978. The van der Waals surface area contributed by atoms with E-state index in [0.29, 0.717) is 5.69 Å². The number of benzene rings is 3. The molecule has 3 aromatic carbocycles. The molecule has 0 aromatic heterocycles. The van der Waals surface area contributed by atoms with Gasteiger partial charge in [0.05, 0.1) is 18.2 Å². The lowest BCUT2D eigenvalue weighted by atomic mass is 9.91. The number of nitrogens with zero attached hydrogens (tertiary/aromatic N) is 2. The zero-order valence-corrected chi connectivity index (χ0v) is 19.0. The number of hydrazine groups is 1. The number of nitrogens with one attached hydrogen (secondary N) is 1. The Kier molecular flexibility index (Phi) is 8.17. The van der Waals surface area contributed by atoms with Gasteiger partial charge in [0.1, 0.15) is 0 Å². The van der Waals surface area contributed by atoms with E-state index in [4.69, 9.17) is 0 Å². The van der Waals surface area contributed by atoms with Crippen LogP contribution in [0, 0.1) is 6.92 Å². The van der Waals surface area contributed by atoms with Crippen molar-refractivity contribution in [3.05, 3.63) is 102 Å². The number of hydrogen-bond acceptors (Lipinski definition) is 3. The molecule has 0 atom stereocenters. The highest BCUT2D eigenvalue weighted by atomic mass is 16.2. The molecule has 5 heteroatoms. The number of rotatable bonds is 8. The minimum Gasteiger partial charge on any atom is -0.295 e. The smallest absolute Gasteiger partial charge is 0.259 e. The first-order valence-corrected chi connectivity index (χ1v) is 11.1. The Morgan fingerprint density at radius 2 is 1.28 bits per heavy atom. The number of likely N-dealkylation sites (N-methyl/N-ethyl adjacent to an activating group) is 1. The summed E-state index contributed by atoms with van der Waals surface area (Å²) < 4.78 is 0. The van der Waals surface area contributed by atoms with E-state index >= 15 is 0 Å². The molecule has 0 unspecified atom stereocenters. The number of para-hydroxylation sites is 1. The molecule has 0 spiro atoms. The zero-order valence-electron chi connectivity index (χ0n) is 19.0. The zero-order chi connectivity index (χ0) is 22.9. The minimum atomic E-state index is -0.537. The molecule has 166 valence electrons. The molecule has 2 amide bonds. The number of anilines is 1. The number of carbonyl (C=O) groups excluding carboxylic acids is 2. The number of hydrogen-bond donors (Lipinski definition) is 1. The van der Waals surface area contributed by atoms with Crippen molar-refractivity contribution >= 4 is 17.5 Å². The molecule has 0 heterocycles. The molecular weight excluding hydrogens is 398 g/mol. The summed E-state index contributed by atoms with van der Waals surface area (Å²) in [6.45, 7) is 7.72. The predicted octanol–water partition coefficient (Wildman–Crippen LogP) is 4.53. The van der Waals surface area contributed by atoms with E-state index in [1.54, 1.807) is 0 Å². The molecule has 3 aromatic rings. The summed E-state index contributed by atoms with van der Waals surface area (Å²) in [6.07, 6.45) is 0. The minimum absolute atomic E-state index is 0.170. The van der Waals surface area contributed by atoms with E-state index in [1.807, 2.05) is 111 Å². The second-order valence-electron chi connectivity index (χ2n) is 7.71. The van der Waals surface area contributed by atoms with E-state index in [1.165, 1.54) is 5.01 Å². The van der Waals surface area contributed by atoms with Crippen LogP contribution in [-0.4, -0.2) is 36.3 Å². The molecule has 0 fully saturated rings. The van der Waals surface area contributed by atoms with Crippen molar-refractivity contribution in [2.24, 2.45) is 0 Å². The van der Waals surface area contributed by atoms with Gasteiger partial charge in [-0.05, 0) is 42.8 Å². The fraction of sp³-hybridized carbons (Fsp3) is 0.259. The molecule has 1 N–H and O–H groups in total. The third-order valence-electron chi connectivity index (χ3n) is 5.61. The van der Waals surface area contributed by atoms with Crippen LogP contribution >= 0.6 is 0 Å². The molecule has 0 aliphatic rings. The largest absolute Gasteiger partial charge is 0.295 e.